The van der Waals surface area contributed by atoms with Gasteiger partial charge < -0.3 is 24.8 Å². The van der Waals surface area contributed by atoms with Crippen LogP contribution in [0.1, 0.15) is 78.1 Å². The number of pyridine rings is 1. The Morgan fingerprint density at radius 2 is 1.59 bits per heavy atom. The fourth-order valence-electron chi connectivity index (χ4n) is 7.79. The van der Waals surface area contributed by atoms with Gasteiger partial charge in [-0.05, 0) is 50.3 Å². The van der Waals surface area contributed by atoms with Gasteiger partial charge in [0.05, 0.1) is 49.8 Å². The van der Waals surface area contributed by atoms with E-state index in [1.807, 2.05) is 0 Å². The monoisotopic (exact) mass is 837 g/mol. The van der Waals surface area contributed by atoms with Crippen molar-refractivity contribution in [2.45, 2.75) is 69.5 Å². The Kier molecular flexibility index (Phi) is 13.4. The summed E-state index contributed by atoms with van der Waals surface area (Å²) < 4.78 is 47.9. The van der Waals surface area contributed by atoms with E-state index in [9.17, 15) is 37.2 Å². The maximum absolute atomic E-state index is 13.2. The molecule has 3 aliphatic heterocycles. The lowest BCUT2D eigenvalue weighted by molar-refractivity contribution is -0.136. The lowest BCUT2D eigenvalue weighted by atomic mass is 10.0. The second-order valence-corrected chi connectivity index (χ2v) is 16.4. The quantitative estimate of drug-likeness (QED) is 0.102. The number of nitrogens with zero attached hydrogens (tertiary/aromatic N) is 5. The van der Waals surface area contributed by atoms with Crippen LogP contribution in [0, 0.1) is 0 Å². The summed E-state index contributed by atoms with van der Waals surface area (Å²) in [5.41, 5.74) is 0.647. The Morgan fingerprint density at radius 1 is 0.864 bits per heavy atom. The molecule has 1 aliphatic carbocycles. The summed E-state index contributed by atoms with van der Waals surface area (Å²) >= 11 is 0. The highest BCUT2D eigenvalue weighted by molar-refractivity contribution is 7.87. The summed E-state index contributed by atoms with van der Waals surface area (Å²) in [6.07, 6.45) is 6.91. The second kappa shape index (κ2) is 18.8. The molecule has 316 valence electrons. The number of piperidine rings is 2. The van der Waals surface area contributed by atoms with E-state index in [4.69, 9.17) is 19.2 Å². The van der Waals surface area contributed by atoms with Crippen molar-refractivity contribution >= 4 is 62.4 Å². The van der Waals surface area contributed by atoms with E-state index in [2.05, 4.69) is 25.7 Å². The minimum Gasteiger partial charge on any atom is -0.378 e. The van der Waals surface area contributed by atoms with Gasteiger partial charge in [0.2, 0.25) is 23.7 Å². The van der Waals surface area contributed by atoms with Gasteiger partial charge in [-0.2, -0.15) is 22.4 Å². The van der Waals surface area contributed by atoms with E-state index in [1.165, 1.54) is 22.5 Å². The largest absolute Gasteiger partial charge is 0.378 e. The SMILES string of the molecule is O=C1CCC(N2C(=O)c3cccc(NC(=O)COCCOCCOCCNS(=O)(=O)N4CCC(Nc5ncc6ccc(=O)n(C7CCCC7)c6n5)CC4)c3C2=O)C(=O)N1. The van der Waals surface area contributed by atoms with Gasteiger partial charge in [-0.25, -0.2) is 4.98 Å². The van der Waals surface area contributed by atoms with Crippen molar-refractivity contribution in [1.82, 2.24) is 33.8 Å². The Morgan fingerprint density at radius 3 is 2.34 bits per heavy atom. The van der Waals surface area contributed by atoms with E-state index in [0.717, 1.165) is 36.0 Å². The molecule has 2 aromatic heterocycles. The van der Waals surface area contributed by atoms with Crippen molar-refractivity contribution in [3.63, 3.8) is 0 Å². The van der Waals surface area contributed by atoms with Crippen LogP contribution in [-0.2, 0) is 38.8 Å². The fourth-order valence-corrected chi connectivity index (χ4v) is 9.01. The fraction of sp³-hybridized carbons (Fsp3) is 0.526. The molecule has 1 atom stereocenters. The van der Waals surface area contributed by atoms with Crippen LogP contribution in [-0.4, -0.2) is 133 Å². The van der Waals surface area contributed by atoms with Crippen LogP contribution in [0.3, 0.4) is 0 Å². The van der Waals surface area contributed by atoms with Crippen molar-refractivity contribution < 1.29 is 46.6 Å². The molecule has 1 saturated carbocycles. The molecule has 3 fully saturated rings. The van der Waals surface area contributed by atoms with Gasteiger partial charge in [-0.3, -0.25) is 43.6 Å². The zero-order valence-corrected chi connectivity index (χ0v) is 33.2. The highest BCUT2D eigenvalue weighted by atomic mass is 32.2. The Bertz CT molecular complexity index is 2260. The van der Waals surface area contributed by atoms with Gasteiger partial charge in [-0.1, -0.05) is 18.9 Å². The van der Waals surface area contributed by atoms with Crippen molar-refractivity contribution in [2.75, 3.05) is 69.9 Å². The van der Waals surface area contributed by atoms with Crippen molar-refractivity contribution in [3.8, 4) is 0 Å². The summed E-state index contributed by atoms with van der Waals surface area (Å²) in [5.74, 6) is -2.79. The predicted octanol–water partition coefficient (Wildman–Crippen LogP) is 0.707. The first-order chi connectivity index (χ1) is 28.5. The first-order valence-corrected chi connectivity index (χ1v) is 21.2. The van der Waals surface area contributed by atoms with Gasteiger partial charge in [-0.15, -0.1) is 0 Å². The maximum Gasteiger partial charge on any atom is 0.279 e. The Hall–Kier alpha value is -5.19. The molecule has 5 amide bonds. The lowest BCUT2D eigenvalue weighted by Crippen LogP contribution is -2.54. The van der Waals surface area contributed by atoms with Crippen LogP contribution < -0.4 is 26.2 Å². The molecule has 7 rings (SSSR count). The minimum atomic E-state index is -3.71. The number of aromatic nitrogens is 3. The van der Waals surface area contributed by atoms with E-state index in [0.29, 0.717) is 37.5 Å². The molecule has 20 nitrogen and oxygen atoms in total. The molecular formula is C38H47N9O11S. The number of carbonyl (C=O) groups excluding carboxylic acids is 5. The zero-order valence-electron chi connectivity index (χ0n) is 32.4. The van der Waals surface area contributed by atoms with Gasteiger partial charge in [0.15, 0.2) is 0 Å². The van der Waals surface area contributed by atoms with E-state index in [-0.39, 0.29) is 93.5 Å². The summed E-state index contributed by atoms with van der Waals surface area (Å²) in [4.78, 5) is 85.3. The number of hydrogen-bond acceptors (Lipinski definition) is 14. The van der Waals surface area contributed by atoms with Gasteiger partial charge >= 0.3 is 0 Å². The molecule has 0 radical (unpaired) electrons. The number of imide groups is 2. The highest BCUT2D eigenvalue weighted by Gasteiger charge is 2.45. The molecule has 1 unspecified atom stereocenters. The normalized spacial score (nSPS) is 19.4. The molecular weight excluding hydrogens is 791 g/mol. The van der Waals surface area contributed by atoms with Crippen molar-refractivity contribution in [2.24, 2.45) is 0 Å². The molecule has 0 bridgehead atoms. The van der Waals surface area contributed by atoms with Crippen molar-refractivity contribution in [1.29, 1.82) is 0 Å². The number of ether oxygens (including phenoxy) is 3. The number of hydrogen-bond donors (Lipinski definition) is 4. The molecule has 4 N–H and O–H groups in total. The highest BCUT2D eigenvalue weighted by Crippen LogP contribution is 2.33. The van der Waals surface area contributed by atoms with Gasteiger partial charge in [0.25, 0.3) is 27.6 Å². The average Bonchev–Trinajstić information content (AvgIpc) is 3.83. The first-order valence-electron chi connectivity index (χ1n) is 19.8. The molecule has 59 heavy (non-hydrogen) atoms. The number of fused-ring (bicyclic) bond motifs is 2. The smallest absolute Gasteiger partial charge is 0.279 e. The number of amides is 5. The number of benzene rings is 1. The Labute approximate surface area is 339 Å². The summed E-state index contributed by atoms with van der Waals surface area (Å²) in [7, 11) is -3.71. The molecule has 0 spiro atoms. The van der Waals surface area contributed by atoms with Crippen LogP contribution in [0.4, 0.5) is 11.6 Å². The number of anilines is 2. The molecule has 21 heteroatoms. The number of carbonyl (C=O) groups is 5. The third kappa shape index (κ3) is 9.82. The summed E-state index contributed by atoms with van der Waals surface area (Å²) in [5, 5.41) is 8.85. The predicted molar refractivity (Wildman–Crippen MR) is 211 cm³/mol. The minimum absolute atomic E-state index is 0.00887. The van der Waals surface area contributed by atoms with E-state index in [1.54, 1.807) is 22.9 Å². The molecule has 3 aromatic rings. The molecule has 4 aliphatic rings. The standard InChI is InChI=1S/C38H47N9O11S/c48-30-10-9-29(35(51)43-30)47-36(52)27-6-3-7-28(33(27)37(47)53)42-31(49)23-58-21-20-57-19-18-56-17-14-40-59(54,55)45-15-12-25(13-16-45)41-38-39-22-24-8-11-32(50)46(34(24)44-38)26-4-1-2-5-26/h3,6-8,11,22,25-26,29,40H,1-2,4-5,9-10,12-21,23H2,(H,42,49)(H,39,41,44)(H,43,48,51). The number of rotatable bonds is 18. The molecule has 1 aromatic carbocycles. The lowest BCUT2D eigenvalue weighted by Gasteiger charge is -2.31. The Balaban J connectivity index is 0.743. The van der Waals surface area contributed by atoms with Crippen LogP contribution in [0.2, 0.25) is 0 Å². The molecule has 2 saturated heterocycles. The van der Waals surface area contributed by atoms with E-state index >= 15 is 0 Å². The van der Waals surface area contributed by atoms with Crippen LogP contribution in [0.25, 0.3) is 11.0 Å². The zero-order chi connectivity index (χ0) is 41.5. The average molecular weight is 838 g/mol. The maximum atomic E-state index is 13.2. The van der Waals surface area contributed by atoms with Crippen LogP contribution >= 0.6 is 0 Å². The van der Waals surface area contributed by atoms with Crippen molar-refractivity contribution in [3.05, 3.63) is 58.0 Å². The topological polar surface area (TPSA) is 250 Å². The van der Waals surface area contributed by atoms with E-state index < -0.39 is 45.8 Å². The third-order valence-corrected chi connectivity index (χ3v) is 12.3. The van der Waals surface area contributed by atoms with Crippen LogP contribution in [0.15, 0.2) is 41.3 Å². The summed E-state index contributed by atoms with van der Waals surface area (Å²) in [6, 6.07) is 6.68. The molecule has 5 heterocycles. The van der Waals surface area contributed by atoms with Crippen LogP contribution in [0.5, 0.6) is 0 Å². The van der Waals surface area contributed by atoms with Gasteiger partial charge in [0, 0.05) is 55.8 Å². The second-order valence-electron chi connectivity index (χ2n) is 14.7. The first kappa shape index (κ1) is 42.0. The summed E-state index contributed by atoms with van der Waals surface area (Å²) in [6.45, 7) is 1.10. The van der Waals surface area contributed by atoms with Gasteiger partial charge in [0.1, 0.15) is 18.3 Å². The third-order valence-electron chi connectivity index (χ3n) is 10.7. The number of nitrogens with one attached hydrogen (secondary N) is 4.